The van der Waals surface area contributed by atoms with Crippen molar-refractivity contribution in [2.45, 2.75) is 6.54 Å². The second kappa shape index (κ2) is 6.37. The number of ether oxygens (including phenoxy) is 1. The highest BCUT2D eigenvalue weighted by molar-refractivity contribution is 5.53. The Morgan fingerprint density at radius 2 is 1.91 bits per heavy atom. The van der Waals surface area contributed by atoms with E-state index in [0.29, 0.717) is 5.82 Å². The zero-order valence-electron chi connectivity index (χ0n) is 13.2. The third kappa shape index (κ3) is 2.93. The minimum atomic E-state index is 0.684. The van der Waals surface area contributed by atoms with Gasteiger partial charge in [-0.15, -0.1) is 0 Å². The van der Waals surface area contributed by atoms with Crippen molar-refractivity contribution in [2.24, 2.45) is 0 Å². The van der Waals surface area contributed by atoms with Crippen LogP contribution < -0.4 is 10.5 Å². The van der Waals surface area contributed by atoms with Gasteiger partial charge in [0.15, 0.2) is 0 Å². The van der Waals surface area contributed by atoms with Crippen LogP contribution in [0, 0.1) is 0 Å². The summed E-state index contributed by atoms with van der Waals surface area (Å²) in [5.41, 5.74) is 8.24. The minimum absolute atomic E-state index is 0.684. The van der Waals surface area contributed by atoms with Crippen LogP contribution in [0.3, 0.4) is 0 Å². The fourth-order valence-electron chi connectivity index (χ4n) is 2.76. The molecule has 118 valence electrons. The zero-order chi connectivity index (χ0) is 15.5. The van der Waals surface area contributed by atoms with Crippen molar-refractivity contribution < 1.29 is 4.74 Å². The maximum Gasteiger partial charge on any atom is 0.144 e. The van der Waals surface area contributed by atoms with Gasteiger partial charge in [-0.2, -0.15) is 5.10 Å². The molecule has 1 aliphatic rings. The SMILES string of the molecule is COc1ccccc1-n1ncc(CN2CCN(C)CC2)c1N. The number of hydrogen-bond donors (Lipinski definition) is 1. The first kappa shape index (κ1) is 14.9. The van der Waals surface area contributed by atoms with Gasteiger partial charge in [0.1, 0.15) is 17.3 Å². The number of likely N-dealkylation sites (N-methyl/N-ethyl adjacent to an activating group) is 1. The maximum atomic E-state index is 6.31. The average Bonchev–Trinajstić information content (AvgIpc) is 2.90. The molecule has 1 aromatic carbocycles. The molecule has 6 nitrogen and oxygen atoms in total. The lowest BCUT2D eigenvalue weighted by molar-refractivity contribution is 0.148. The van der Waals surface area contributed by atoms with E-state index in [4.69, 9.17) is 10.5 Å². The summed E-state index contributed by atoms with van der Waals surface area (Å²) in [7, 11) is 3.81. The van der Waals surface area contributed by atoms with Crippen LogP contribution in [-0.4, -0.2) is 59.9 Å². The summed E-state index contributed by atoms with van der Waals surface area (Å²) in [5.74, 6) is 1.45. The van der Waals surface area contributed by atoms with Gasteiger partial charge in [0.05, 0.1) is 13.3 Å². The van der Waals surface area contributed by atoms with E-state index in [9.17, 15) is 0 Å². The van der Waals surface area contributed by atoms with Gasteiger partial charge in [0.25, 0.3) is 0 Å². The Morgan fingerprint density at radius 1 is 1.18 bits per heavy atom. The number of piperazine rings is 1. The van der Waals surface area contributed by atoms with Crippen LogP contribution >= 0.6 is 0 Å². The first-order valence-electron chi connectivity index (χ1n) is 7.55. The van der Waals surface area contributed by atoms with Crippen LogP contribution in [-0.2, 0) is 6.54 Å². The molecule has 2 heterocycles. The predicted octanol–water partition coefficient (Wildman–Crippen LogP) is 1.21. The molecule has 0 unspecified atom stereocenters. The molecular formula is C16H23N5O. The van der Waals surface area contributed by atoms with Gasteiger partial charge in [-0.05, 0) is 19.2 Å². The van der Waals surface area contributed by atoms with Gasteiger partial charge in [-0.1, -0.05) is 12.1 Å². The van der Waals surface area contributed by atoms with Crippen LogP contribution in [0.4, 0.5) is 5.82 Å². The van der Waals surface area contributed by atoms with Crippen LogP contribution in [0.25, 0.3) is 5.69 Å². The second-order valence-electron chi connectivity index (χ2n) is 5.72. The molecule has 1 aromatic heterocycles. The number of para-hydroxylation sites is 2. The van der Waals surface area contributed by atoms with Crippen molar-refractivity contribution in [2.75, 3.05) is 46.1 Å². The molecule has 1 fully saturated rings. The highest BCUT2D eigenvalue weighted by Crippen LogP contribution is 2.26. The van der Waals surface area contributed by atoms with Gasteiger partial charge in [0, 0.05) is 38.3 Å². The number of nitrogen functional groups attached to an aromatic ring is 1. The van der Waals surface area contributed by atoms with E-state index >= 15 is 0 Å². The summed E-state index contributed by atoms with van der Waals surface area (Å²) >= 11 is 0. The molecule has 0 saturated carbocycles. The molecule has 0 radical (unpaired) electrons. The Bertz CT molecular complexity index is 631. The number of nitrogens with two attached hydrogens (primary N) is 1. The maximum absolute atomic E-state index is 6.31. The Labute approximate surface area is 131 Å². The summed E-state index contributed by atoms with van der Waals surface area (Å²) in [6.07, 6.45) is 1.86. The fourth-order valence-corrected chi connectivity index (χ4v) is 2.76. The normalized spacial score (nSPS) is 16.8. The minimum Gasteiger partial charge on any atom is -0.494 e. The molecule has 1 saturated heterocycles. The summed E-state index contributed by atoms with van der Waals surface area (Å²) < 4.78 is 7.15. The Hall–Kier alpha value is -2.05. The Morgan fingerprint density at radius 3 is 2.64 bits per heavy atom. The molecule has 0 spiro atoms. The quantitative estimate of drug-likeness (QED) is 0.920. The molecule has 22 heavy (non-hydrogen) atoms. The van der Waals surface area contributed by atoms with Crippen LogP contribution in [0.5, 0.6) is 5.75 Å². The lowest BCUT2D eigenvalue weighted by atomic mass is 10.2. The first-order chi connectivity index (χ1) is 10.7. The Kier molecular flexibility index (Phi) is 4.31. The van der Waals surface area contributed by atoms with Crippen molar-refractivity contribution in [3.63, 3.8) is 0 Å². The third-order valence-electron chi connectivity index (χ3n) is 4.19. The highest BCUT2D eigenvalue weighted by Gasteiger charge is 2.18. The molecule has 6 heteroatoms. The number of anilines is 1. The smallest absolute Gasteiger partial charge is 0.144 e. The Balaban J connectivity index is 1.80. The standard InChI is InChI=1S/C16H23N5O/c1-19-7-9-20(10-8-19)12-13-11-18-21(16(13)17)14-5-3-4-6-15(14)22-2/h3-6,11H,7-10,12,17H2,1-2H3. The molecule has 2 aromatic rings. The second-order valence-corrected chi connectivity index (χ2v) is 5.72. The van der Waals surface area contributed by atoms with Crippen molar-refractivity contribution in [1.82, 2.24) is 19.6 Å². The van der Waals surface area contributed by atoms with E-state index in [-0.39, 0.29) is 0 Å². The van der Waals surface area contributed by atoms with Gasteiger partial charge in [0.2, 0.25) is 0 Å². The molecule has 0 bridgehead atoms. The number of methoxy groups -OCH3 is 1. The van der Waals surface area contributed by atoms with Crippen LogP contribution in [0.15, 0.2) is 30.5 Å². The number of benzene rings is 1. The summed E-state index contributed by atoms with van der Waals surface area (Å²) in [6, 6.07) is 7.77. The van der Waals surface area contributed by atoms with E-state index in [1.54, 1.807) is 11.8 Å². The van der Waals surface area contributed by atoms with E-state index < -0.39 is 0 Å². The van der Waals surface area contributed by atoms with E-state index in [0.717, 1.165) is 49.7 Å². The van der Waals surface area contributed by atoms with Crippen molar-refractivity contribution in [1.29, 1.82) is 0 Å². The van der Waals surface area contributed by atoms with Gasteiger partial charge in [-0.3, -0.25) is 4.90 Å². The molecule has 0 atom stereocenters. The van der Waals surface area contributed by atoms with E-state index in [2.05, 4.69) is 21.9 Å². The summed E-state index contributed by atoms with van der Waals surface area (Å²) in [5, 5.41) is 4.45. The molecule has 0 aliphatic carbocycles. The fraction of sp³-hybridized carbons (Fsp3) is 0.438. The average molecular weight is 301 g/mol. The number of nitrogens with zero attached hydrogens (tertiary/aromatic N) is 4. The van der Waals surface area contributed by atoms with Crippen molar-refractivity contribution in [3.05, 3.63) is 36.0 Å². The molecular weight excluding hydrogens is 278 g/mol. The number of aromatic nitrogens is 2. The largest absolute Gasteiger partial charge is 0.494 e. The van der Waals surface area contributed by atoms with Crippen molar-refractivity contribution >= 4 is 5.82 Å². The van der Waals surface area contributed by atoms with E-state index in [1.165, 1.54) is 0 Å². The third-order valence-corrected chi connectivity index (χ3v) is 4.19. The van der Waals surface area contributed by atoms with Gasteiger partial charge in [-0.25, -0.2) is 4.68 Å². The lowest BCUT2D eigenvalue weighted by Gasteiger charge is -2.32. The van der Waals surface area contributed by atoms with E-state index in [1.807, 2.05) is 30.5 Å². The topological polar surface area (TPSA) is 59.5 Å². The zero-order valence-corrected chi connectivity index (χ0v) is 13.2. The summed E-state index contributed by atoms with van der Waals surface area (Å²) in [6.45, 7) is 5.17. The molecule has 2 N–H and O–H groups in total. The number of hydrogen-bond acceptors (Lipinski definition) is 5. The summed E-state index contributed by atoms with van der Waals surface area (Å²) in [4.78, 5) is 4.76. The first-order valence-corrected chi connectivity index (χ1v) is 7.55. The van der Waals surface area contributed by atoms with Crippen molar-refractivity contribution in [3.8, 4) is 11.4 Å². The molecule has 0 amide bonds. The van der Waals surface area contributed by atoms with Crippen LogP contribution in [0.2, 0.25) is 0 Å². The van der Waals surface area contributed by atoms with Gasteiger partial charge < -0.3 is 15.4 Å². The predicted molar refractivity (Wildman–Crippen MR) is 87.3 cm³/mol. The lowest BCUT2D eigenvalue weighted by Crippen LogP contribution is -2.43. The molecule has 1 aliphatic heterocycles. The highest BCUT2D eigenvalue weighted by atomic mass is 16.5. The van der Waals surface area contributed by atoms with Gasteiger partial charge >= 0.3 is 0 Å². The van der Waals surface area contributed by atoms with Crippen LogP contribution in [0.1, 0.15) is 5.56 Å². The molecule has 3 rings (SSSR count). The monoisotopic (exact) mass is 301 g/mol. The number of rotatable bonds is 4.